The molecule has 0 spiro atoms. The lowest BCUT2D eigenvalue weighted by Crippen LogP contribution is -1.83. The monoisotopic (exact) mass is 211 g/mol. The molecule has 1 aromatic carbocycles. The number of hydrogen-bond acceptors (Lipinski definition) is 2. The molecule has 1 rings (SSSR count). The second-order valence-electron chi connectivity index (χ2n) is 2.73. The van der Waals surface area contributed by atoms with Gasteiger partial charge >= 0.3 is 0 Å². The summed E-state index contributed by atoms with van der Waals surface area (Å²) in [5, 5.41) is 3.13. The van der Waals surface area contributed by atoms with Gasteiger partial charge in [-0.3, -0.25) is 0 Å². The van der Waals surface area contributed by atoms with E-state index < -0.39 is 0 Å². The number of nitrogens with zero attached hydrogens (tertiary/aromatic N) is 1. The molecule has 0 radical (unpaired) electrons. The molecule has 0 aliphatic heterocycles. The van der Waals surface area contributed by atoms with Crippen molar-refractivity contribution in [2.24, 2.45) is 4.99 Å². The zero-order valence-corrected chi connectivity index (χ0v) is 8.95. The van der Waals surface area contributed by atoms with Crippen molar-refractivity contribution in [3.8, 4) is 0 Å². The SMILES string of the molecule is CCCc1cc(N=C=S)ccc1Cl. The van der Waals surface area contributed by atoms with Crippen molar-refractivity contribution < 1.29 is 0 Å². The Balaban J connectivity index is 3.03. The van der Waals surface area contributed by atoms with E-state index in [0.29, 0.717) is 0 Å². The van der Waals surface area contributed by atoms with Crippen molar-refractivity contribution >= 4 is 34.7 Å². The predicted molar refractivity (Wildman–Crippen MR) is 60.1 cm³/mol. The number of benzene rings is 1. The highest BCUT2D eigenvalue weighted by molar-refractivity contribution is 7.78. The van der Waals surface area contributed by atoms with Gasteiger partial charge in [-0.15, -0.1) is 0 Å². The van der Waals surface area contributed by atoms with Crippen LogP contribution in [0, 0.1) is 0 Å². The highest BCUT2D eigenvalue weighted by Gasteiger charge is 1.99. The molecule has 0 saturated carbocycles. The molecule has 13 heavy (non-hydrogen) atoms. The van der Waals surface area contributed by atoms with Crippen LogP contribution >= 0.6 is 23.8 Å². The molecule has 68 valence electrons. The maximum Gasteiger partial charge on any atom is 0.0743 e. The van der Waals surface area contributed by atoms with Gasteiger partial charge in [-0.25, -0.2) is 0 Å². The van der Waals surface area contributed by atoms with Crippen LogP contribution in [0.2, 0.25) is 5.02 Å². The Hall–Kier alpha value is -0.690. The zero-order valence-electron chi connectivity index (χ0n) is 7.38. The number of aryl methyl sites for hydroxylation is 1. The minimum atomic E-state index is 0.796. The van der Waals surface area contributed by atoms with Gasteiger partial charge in [0.1, 0.15) is 0 Å². The number of aliphatic imine (C=N–C) groups is 1. The van der Waals surface area contributed by atoms with Crippen molar-refractivity contribution in [1.29, 1.82) is 0 Å². The summed E-state index contributed by atoms with van der Waals surface area (Å²) in [6.07, 6.45) is 2.05. The number of isothiocyanates is 1. The summed E-state index contributed by atoms with van der Waals surface area (Å²) in [5.41, 5.74) is 1.94. The average molecular weight is 212 g/mol. The Labute approximate surface area is 88.4 Å². The maximum atomic E-state index is 5.99. The van der Waals surface area contributed by atoms with Crippen molar-refractivity contribution in [2.75, 3.05) is 0 Å². The molecule has 0 saturated heterocycles. The van der Waals surface area contributed by atoms with Crippen molar-refractivity contribution in [3.05, 3.63) is 28.8 Å². The number of rotatable bonds is 3. The third-order valence-electron chi connectivity index (χ3n) is 1.72. The van der Waals surface area contributed by atoms with Gasteiger partial charge in [0, 0.05) is 5.02 Å². The molecule has 0 bridgehead atoms. The normalized spacial score (nSPS) is 9.38. The predicted octanol–water partition coefficient (Wildman–Crippen LogP) is 4.03. The number of halogens is 1. The van der Waals surface area contributed by atoms with E-state index in [9.17, 15) is 0 Å². The van der Waals surface area contributed by atoms with Crippen LogP contribution in [-0.2, 0) is 6.42 Å². The summed E-state index contributed by atoms with van der Waals surface area (Å²) >= 11 is 10.5. The van der Waals surface area contributed by atoms with Gasteiger partial charge in [0.25, 0.3) is 0 Å². The van der Waals surface area contributed by atoms with Crippen molar-refractivity contribution in [1.82, 2.24) is 0 Å². The molecule has 0 unspecified atom stereocenters. The molecular weight excluding hydrogens is 202 g/mol. The van der Waals surface area contributed by atoms with Crippen LogP contribution in [0.4, 0.5) is 5.69 Å². The fraction of sp³-hybridized carbons (Fsp3) is 0.300. The average Bonchev–Trinajstić information content (AvgIpc) is 2.12. The Kier molecular flexibility index (Phi) is 4.10. The van der Waals surface area contributed by atoms with E-state index in [1.165, 1.54) is 0 Å². The van der Waals surface area contributed by atoms with Crippen LogP contribution in [0.25, 0.3) is 0 Å². The van der Waals surface area contributed by atoms with Crippen LogP contribution in [-0.4, -0.2) is 5.16 Å². The summed E-state index contributed by atoms with van der Waals surface area (Å²) in [6, 6.07) is 5.63. The molecule has 0 heterocycles. The topological polar surface area (TPSA) is 12.4 Å². The van der Waals surface area contributed by atoms with Gasteiger partial charge in [-0.2, -0.15) is 4.99 Å². The largest absolute Gasteiger partial charge is 0.195 e. The molecule has 0 fully saturated rings. The molecule has 0 aromatic heterocycles. The minimum absolute atomic E-state index is 0.796. The molecule has 3 heteroatoms. The summed E-state index contributed by atoms with van der Waals surface area (Å²) in [5.74, 6) is 0. The first-order chi connectivity index (χ1) is 6.27. The van der Waals surface area contributed by atoms with Gasteiger partial charge in [0.2, 0.25) is 0 Å². The van der Waals surface area contributed by atoms with Crippen LogP contribution < -0.4 is 0 Å². The standard InChI is InChI=1S/C10H10ClNS/c1-2-3-8-6-9(12-7-13)4-5-10(8)11/h4-6H,2-3H2,1H3. The Morgan fingerprint density at radius 3 is 2.92 bits per heavy atom. The van der Waals surface area contributed by atoms with Crippen LogP contribution in [0.3, 0.4) is 0 Å². The first-order valence-corrected chi connectivity index (χ1v) is 4.93. The molecule has 1 nitrogen and oxygen atoms in total. The fourth-order valence-electron chi connectivity index (χ4n) is 1.14. The van der Waals surface area contributed by atoms with Crippen molar-refractivity contribution in [2.45, 2.75) is 19.8 Å². The lowest BCUT2D eigenvalue weighted by Gasteiger charge is -2.02. The lowest BCUT2D eigenvalue weighted by atomic mass is 10.1. The molecule has 0 amide bonds. The van der Waals surface area contributed by atoms with Crippen LogP contribution in [0.15, 0.2) is 23.2 Å². The van der Waals surface area contributed by atoms with E-state index in [1.807, 2.05) is 18.2 Å². The lowest BCUT2D eigenvalue weighted by molar-refractivity contribution is 0.922. The molecule has 0 atom stereocenters. The summed E-state index contributed by atoms with van der Waals surface area (Å²) in [6.45, 7) is 2.12. The summed E-state index contributed by atoms with van der Waals surface area (Å²) < 4.78 is 0. The first kappa shape index (κ1) is 10.4. The molecule has 1 aromatic rings. The van der Waals surface area contributed by atoms with Crippen LogP contribution in [0.5, 0.6) is 0 Å². The highest BCUT2D eigenvalue weighted by atomic mass is 35.5. The molecule has 0 aliphatic carbocycles. The van der Waals surface area contributed by atoms with E-state index in [1.54, 1.807) is 0 Å². The van der Waals surface area contributed by atoms with Gasteiger partial charge in [0.15, 0.2) is 0 Å². The quantitative estimate of drug-likeness (QED) is 0.543. The van der Waals surface area contributed by atoms with Gasteiger partial charge < -0.3 is 0 Å². The highest BCUT2D eigenvalue weighted by Crippen LogP contribution is 2.23. The third-order valence-corrected chi connectivity index (χ3v) is 2.18. The Bertz CT molecular complexity index is 343. The number of thiocarbonyl (C=S) groups is 1. The van der Waals surface area contributed by atoms with Gasteiger partial charge in [-0.1, -0.05) is 24.9 Å². The van der Waals surface area contributed by atoms with Crippen molar-refractivity contribution in [3.63, 3.8) is 0 Å². The smallest absolute Gasteiger partial charge is 0.0743 e. The second-order valence-corrected chi connectivity index (χ2v) is 3.32. The maximum absolute atomic E-state index is 5.99. The molecule has 0 N–H and O–H groups in total. The van der Waals surface area contributed by atoms with Gasteiger partial charge in [-0.05, 0) is 42.4 Å². The van der Waals surface area contributed by atoms with E-state index >= 15 is 0 Å². The first-order valence-electron chi connectivity index (χ1n) is 4.14. The van der Waals surface area contributed by atoms with Crippen LogP contribution in [0.1, 0.15) is 18.9 Å². The zero-order chi connectivity index (χ0) is 9.68. The Morgan fingerprint density at radius 1 is 1.54 bits per heavy atom. The van der Waals surface area contributed by atoms with E-state index in [2.05, 4.69) is 29.3 Å². The van der Waals surface area contributed by atoms with E-state index in [4.69, 9.17) is 11.6 Å². The molecule has 0 aliphatic rings. The summed E-state index contributed by atoms with van der Waals surface area (Å²) in [7, 11) is 0. The Morgan fingerprint density at radius 2 is 2.31 bits per heavy atom. The van der Waals surface area contributed by atoms with Gasteiger partial charge in [0.05, 0.1) is 10.8 Å². The number of hydrogen-bond donors (Lipinski definition) is 0. The minimum Gasteiger partial charge on any atom is -0.195 e. The fourth-order valence-corrected chi connectivity index (χ4v) is 1.46. The van der Waals surface area contributed by atoms with E-state index in [0.717, 1.165) is 29.1 Å². The third kappa shape index (κ3) is 2.92. The molecular formula is C10H10ClNS. The van der Waals surface area contributed by atoms with E-state index in [-0.39, 0.29) is 0 Å². The second kappa shape index (κ2) is 5.13. The summed E-state index contributed by atoms with van der Waals surface area (Å²) in [4.78, 5) is 3.90.